The Morgan fingerprint density at radius 3 is 2.63 bits per heavy atom. The van der Waals surface area contributed by atoms with Gasteiger partial charge in [-0.15, -0.1) is 0 Å². The number of nitrogens with zero attached hydrogens (tertiary/aromatic N) is 2. The SMILES string of the molecule is NCCCN(Cc1cc(NC(=O)c2ccncc2)ccc1Cl)C(=O)C1CC1. The van der Waals surface area contributed by atoms with Gasteiger partial charge in [0.2, 0.25) is 5.91 Å². The number of rotatable bonds is 8. The second-order valence-corrected chi connectivity index (χ2v) is 7.08. The molecule has 1 aliphatic carbocycles. The Labute approximate surface area is 163 Å². The van der Waals surface area contributed by atoms with Gasteiger partial charge >= 0.3 is 0 Å². The molecular formula is C20H23ClN4O2. The molecule has 1 aliphatic rings. The summed E-state index contributed by atoms with van der Waals surface area (Å²) in [6, 6.07) is 8.60. The summed E-state index contributed by atoms with van der Waals surface area (Å²) < 4.78 is 0. The quantitative estimate of drug-likeness (QED) is 0.729. The number of halogens is 1. The second kappa shape index (κ2) is 8.97. The van der Waals surface area contributed by atoms with Gasteiger partial charge < -0.3 is 16.0 Å². The van der Waals surface area contributed by atoms with Crippen LogP contribution in [0.5, 0.6) is 0 Å². The maximum atomic E-state index is 12.5. The molecule has 0 spiro atoms. The van der Waals surface area contributed by atoms with E-state index in [0.29, 0.717) is 35.9 Å². The third-order valence-corrected chi connectivity index (χ3v) is 4.85. The van der Waals surface area contributed by atoms with Crippen molar-refractivity contribution < 1.29 is 9.59 Å². The average molecular weight is 387 g/mol. The number of hydrogen-bond donors (Lipinski definition) is 2. The summed E-state index contributed by atoms with van der Waals surface area (Å²) in [5.74, 6) is 0.0709. The smallest absolute Gasteiger partial charge is 0.255 e. The van der Waals surface area contributed by atoms with Crippen LogP contribution in [0.15, 0.2) is 42.7 Å². The van der Waals surface area contributed by atoms with Crippen LogP contribution in [0.4, 0.5) is 5.69 Å². The van der Waals surface area contributed by atoms with Crippen LogP contribution in [0, 0.1) is 5.92 Å². The van der Waals surface area contributed by atoms with E-state index in [2.05, 4.69) is 10.3 Å². The molecule has 1 fully saturated rings. The summed E-state index contributed by atoms with van der Waals surface area (Å²) >= 11 is 6.34. The van der Waals surface area contributed by atoms with E-state index >= 15 is 0 Å². The van der Waals surface area contributed by atoms with Gasteiger partial charge in [-0.05, 0) is 61.7 Å². The molecule has 0 unspecified atom stereocenters. The number of nitrogens with two attached hydrogens (primary N) is 1. The van der Waals surface area contributed by atoms with E-state index < -0.39 is 0 Å². The Morgan fingerprint density at radius 2 is 1.96 bits per heavy atom. The van der Waals surface area contributed by atoms with Crippen LogP contribution in [0.1, 0.15) is 35.2 Å². The molecule has 0 aliphatic heterocycles. The number of carbonyl (C=O) groups excluding carboxylic acids is 2. The van der Waals surface area contributed by atoms with Gasteiger partial charge in [0.1, 0.15) is 0 Å². The van der Waals surface area contributed by atoms with Gasteiger partial charge in [0.25, 0.3) is 5.91 Å². The Hall–Kier alpha value is -2.44. The van der Waals surface area contributed by atoms with E-state index in [1.807, 2.05) is 11.0 Å². The number of benzene rings is 1. The highest BCUT2D eigenvalue weighted by Gasteiger charge is 2.33. The van der Waals surface area contributed by atoms with Crippen molar-refractivity contribution in [1.29, 1.82) is 0 Å². The third-order valence-electron chi connectivity index (χ3n) is 4.48. The van der Waals surface area contributed by atoms with E-state index in [-0.39, 0.29) is 17.7 Å². The van der Waals surface area contributed by atoms with E-state index in [1.165, 1.54) is 0 Å². The molecule has 0 bridgehead atoms. The van der Waals surface area contributed by atoms with Gasteiger partial charge in [-0.25, -0.2) is 0 Å². The fourth-order valence-corrected chi connectivity index (χ4v) is 3.00. The predicted molar refractivity (Wildman–Crippen MR) is 105 cm³/mol. The minimum atomic E-state index is -0.222. The molecule has 1 aromatic carbocycles. The van der Waals surface area contributed by atoms with Gasteiger partial charge in [-0.2, -0.15) is 0 Å². The van der Waals surface area contributed by atoms with Crippen molar-refractivity contribution in [3.63, 3.8) is 0 Å². The molecule has 3 N–H and O–H groups in total. The molecule has 142 valence electrons. The van der Waals surface area contributed by atoms with Crippen molar-refractivity contribution in [3.8, 4) is 0 Å². The molecule has 0 atom stereocenters. The van der Waals surface area contributed by atoms with Crippen molar-refractivity contribution in [2.45, 2.75) is 25.8 Å². The molecule has 0 saturated heterocycles. The molecule has 6 nitrogen and oxygen atoms in total. The van der Waals surface area contributed by atoms with Gasteiger partial charge in [0.05, 0.1) is 0 Å². The number of aromatic nitrogens is 1. The first-order valence-corrected chi connectivity index (χ1v) is 9.45. The molecule has 0 radical (unpaired) electrons. The van der Waals surface area contributed by atoms with Crippen LogP contribution in [0.2, 0.25) is 5.02 Å². The summed E-state index contributed by atoms with van der Waals surface area (Å²) in [6.07, 6.45) is 5.79. The lowest BCUT2D eigenvalue weighted by Crippen LogP contribution is -2.33. The number of pyridine rings is 1. The second-order valence-electron chi connectivity index (χ2n) is 6.67. The first-order chi connectivity index (χ1) is 13.1. The Morgan fingerprint density at radius 1 is 1.22 bits per heavy atom. The fraction of sp³-hybridized carbons (Fsp3) is 0.350. The molecule has 1 heterocycles. The summed E-state index contributed by atoms with van der Waals surface area (Å²) in [5.41, 5.74) is 7.57. The first-order valence-electron chi connectivity index (χ1n) is 9.07. The zero-order chi connectivity index (χ0) is 19.2. The van der Waals surface area contributed by atoms with E-state index in [0.717, 1.165) is 24.8 Å². The van der Waals surface area contributed by atoms with Crippen LogP contribution < -0.4 is 11.1 Å². The van der Waals surface area contributed by atoms with Crippen molar-refractivity contribution in [2.75, 3.05) is 18.4 Å². The summed E-state index contributed by atoms with van der Waals surface area (Å²) in [5, 5.41) is 3.43. The van der Waals surface area contributed by atoms with E-state index in [4.69, 9.17) is 17.3 Å². The lowest BCUT2D eigenvalue weighted by Gasteiger charge is -2.23. The van der Waals surface area contributed by atoms with Crippen LogP contribution >= 0.6 is 11.6 Å². The maximum Gasteiger partial charge on any atom is 0.255 e. The lowest BCUT2D eigenvalue weighted by molar-refractivity contribution is -0.133. The number of anilines is 1. The minimum Gasteiger partial charge on any atom is -0.338 e. The normalized spacial score (nSPS) is 13.3. The minimum absolute atomic E-state index is 0.135. The standard InChI is InChI=1S/C20H23ClN4O2/c21-18-5-4-17(24-19(26)14-6-9-23-10-7-14)12-16(18)13-25(11-1-8-22)20(27)15-2-3-15/h4-7,9-10,12,15H,1-3,8,11,13,22H2,(H,24,26). The van der Waals surface area contributed by atoms with E-state index in [9.17, 15) is 9.59 Å². The number of carbonyl (C=O) groups is 2. The van der Waals surface area contributed by atoms with E-state index in [1.54, 1.807) is 36.7 Å². The van der Waals surface area contributed by atoms with Crippen LogP contribution in [0.3, 0.4) is 0 Å². The molecule has 1 aromatic heterocycles. The zero-order valence-electron chi connectivity index (χ0n) is 15.0. The Balaban J connectivity index is 1.73. The molecule has 2 amide bonds. The van der Waals surface area contributed by atoms with Crippen molar-refractivity contribution >= 4 is 29.1 Å². The molecule has 7 heteroatoms. The fourth-order valence-electron chi connectivity index (χ4n) is 2.82. The Bertz CT molecular complexity index is 809. The number of amides is 2. The Kier molecular flexibility index (Phi) is 6.42. The van der Waals surface area contributed by atoms with Crippen LogP contribution in [0.25, 0.3) is 0 Å². The summed E-state index contributed by atoms with van der Waals surface area (Å²) in [6.45, 7) is 1.55. The van der Waals surface area contributed by atoms with Gasteiger partial charge in [-0.3, -0.25) is 14.6 Å². The number of hydrogen-bond acceptors (Lipinski definition) is 4. The molecular weight excluding hydrogens is 364 g/mol. The molecule has 27 heavy (non-hydrogen) atoms. The van der Waals surface area contributed by atoms with Crippen LogP contribution in [-0.4, -0.2) is 34.8 Å². The maximum absolute atomic E-state index is 12.5. The number of nitrogens with one attached hydrogen (secondary N) is 1. The van der Waals surface area contributed by atoms with Crippen LogP contribution in [-0.2, 0) is 11.3 Å². The summed E-state index contributed by atoms with van der Waals surface area (Å²) in [7, 11) is 0. The molecule has 1 saturated carbocycles. The van der Waals surface area contributed by atoms with Crippen molar-refractivity contribution in [3.05, 3.63) is 58.9 Å². The van der Waals surface area contributed by atoms with Gasteiger partial charge in [0, 0.05) is 47.7 Å². The third kappa shape index (κ3) is 5.28. The average Bonchev–Trinajstić information content (AvgIpc) is 3.53. The largest absolute Gasteiger partial charge is 0.338 e. The summed E-state index contributed by atoms with van der Waals surface area (Å²) in [4.78, 5) is 30.6. The zero-order valence-corrected chi connectivity index (χ0v) is 15.8. The first kappa shape index (κ1) is 19.3. The predicted octanol–water partition coefficient (Wildman–Crippen LogP) is 3.07. The monoisotopic (exact) mass is 386 g/mol. The highest BCUT2D eigenvalue weighted by Crippen LogP contribution is 2.32. The topological polar surface area (TPSA) is 88.3 Å². The van der Waals surface area contributed by atoms with Gasteiger partial charge in [0.15, 0.2) is 0 Å². The highest BCUT2D eigenvalue weighted by atomic mass is 35.5. The lowest BCUT2D eigenvalue weighted by atomic mass is 10.1. The van der Waals surface area contributed by atoms with Gasteiger partial charge in [-0.1, -0.05) is 11.6 Å². The van der Waals surface area contributed by atoms with Crippen molar-refractivity contribution in [1.82, 2.24) is 9.88 Å². The highest BCUT2D eigenvalue weighted by molar-refractivity contribution is 6.31. The molecule has 2 aromatic rings. The van der Waals surface area contributed by atoms with Crippen molar-refractivity contribution in [2.24, 2.45) is 11.7 Å². The molecule has 3 rings (SSSR count).